The number of aryl methyl sites for hydroxylation is 2. The summed E-state index contributed by atoms with van der Waals surface area (Å²) in [4.78, 5) is 12.2. The van der Waals surface area contributed by atoms with Crippen LogP contribution in [0.3, 0.4) is 0 Å². The number of hydrazone groups is 1. The van der Waals surface area contributed by atoms with Crippen LogP contribution < -0.4 is 10.2 Å². The van der Waals surface area contributed by atoms with Gasteiger partial charge in [-0.3, -0.25) is 4.79 Å². The average molecular weight is 308 g/mol. The van der Waals surface area contributed by atoms with Crippen LogP contribution in [-0.2, 0) is 0 Å². The first-order valence-corrected chi connectivity index (χ1v) is 7.35. The van der Waals surface area contributed by atoms with Crippen molar-refractivity contribution in [1.82, 2.24) is 5.43 Å². The molecule has 2 rings (SSSR count). The van der Waals surface area contributed by atoms with Gasteiger partial charge in [-0.1, -0.05) is 48.6 Å². The number of benzene rings is 2. The molecule has 1 N–H and O–H groups in total. The number of nitrogens with zero attached hydrogens (tertiary/aromatic N) is 1. The first-order chi connectivity index (χ1) is 11.1. The maximum absolute atomic E-state index is 12.2. The van der Waals surface area contributed by atoms with E-state index in [0.29, 0.717) is 17.9 Å². The highest BCUT2D eigenvalue weighted by Crippen LogP contribution is 2.17. The Bertz CT molecular complexity index is 736. The summed E-state index contributed by atoms with van der Waals surface area (Å²) in [6.45, 7) is 7.99. The van der Waals surface area contributed by atoms with E-state index in [2.05, 4.69) is 23.2 Å². The molecule has 4 heteroatoms. The maximum atomic E-state index is 12.2. The summed E-state index contributed by atoms with van der Waals surface area (Å²) < 4.78 is 5.47. The molecule has 23 heavy (non-hydrogen) atoms. The molecule has 0 unspecified atom stereocenters. The van der Waals surface area contributed by atoms with Crippen LogP contribution >= 0.6 is 0 Å². The van der Waals surface area contributed by atoms with Gasteiger partial charge in [-0.2, -0.15) is 5.10 Å². The lowest BCUT2D eigenvalue weighted by molar-refractivity contribution is 0.0951. The van der Waals surface area contributed by atoms with Gasteiger partial charge >= 0.3 is 0 Å². The van der Waals surface area contributed by atoms with Gasteiger partial charge in [-0.25, -0.2) is 5.43 Å². The highest BCUT2D eigenvalue weighted by molar-refractivity contribution is 5.97. The van der Waals surface area contributed by atoms with Gasteiger partial charge in [0, 0.05) is 0 Å². The molecular weight excluding hydrogens is 288 g/mol. The summed E-state index contributed by atoms with van der Waals surface area (Å²) in [7, 11) is 0. The van der Waals surface area contributed by atoms with E-state index in [-0.39, 0.29) is 5.91 Å². The molecule has 0 bridgehead atoms. The molecule has 4 nitrogen and oxygen atoms in total. The molecule has 0 aliphatic heterocycles. The van der Waals surface area contributed by atoms with Crippen molar-refractivity contribution in [1.29, 1.82) is 0 Å². The Morgan fingerprint density at radius 2 is 2.04 bits per heavy atom. The van der Waals surface area contributed by atoms with Crippen LogP contribution in [0, 0.1) is 13.8 Å². The van der Waals surface area contributed by atoms with Gasteiger partial charge in [0.05, 0.1) is 11.8 Å². The van der Waals surface area contributed by atoms with Crippen molar-refractivity contribution in [3.8, 4) is 5.75 Å². The van der Waals surface area contributed by atoms with E-state index in [1.165, 1.54) is 5.56 Å². The van der Waals surface area contributed by atoms with E-state index in [0.717, 1.165) is 11.1 Å². The molecule has 0 radical (unpaired) electrons. The average Bonchev–Trinajstić information content (AvgIpc) is 2.55. The third-order valence-electron chi connectivity index (χ3n) is 3.28. The molecule has 2 aromatic rings. The van der Waals surface area contributed by atoms with E-state index in [1.54, 1.807) is 30.5 Å². The summed E-state index contributed by atoms with van der Waals surface area (Å²) in [6.07, 6.45) is 3.27. The van der Waals surface area contributed by atoms with Crippen LogP contribution in [0.2, 0.25) is 0 Å². The fraction of sp³-hybridized carbons (Fsp3) is 0.158. The Labute approximate surface area is 136 Å². The number of nitrogens with one attached hydrogen (secondary N) is 1. The number of rotatable bonds is 6. The largest absolute Gasteiger partial charge is 0.489 e. The lowest BCUT2D eigenvalue weighted by Crippen LogP contribution is -2.18. The summed E-state index contributed by atoms with van der Waals surface area (Å²) >= 11 is 0. The number of carbonyl (C=O) groups is 1. The minimum atomic E-state index is -0.314. The summed E-state index contributed by atoms with van der Waals surface area (Å²) in [5.74, 6) is 0.192. The van der Waals surface area contributed by atoms with Crippen molar-refractivity contribution >= 4 is 12.1 Å². The van der Waals surface area contributed by atoms with Gasteiger partial charge in [0.2, 0.25) is 0 Å². The zero-order chi connectivity index (χ0) is 16.7. The van der Waals surface area contributed by atoms with Crippen molar-refractivity contribution in [3.63, 3.8) is 0 Å². The number of para-hydroxylation sites is 1. The minimum Gasteiger partial charge on any atom is -0.489 e. The maximum Gasteiger partial charge on any atom is 0.275 e. The topological polar surface area (TPSA) is 50.7 Å². The number of amides is 1. The molecule has 0 aromatic heterocycles. The predicted octanol–water partition coefficient (Wildman–Crippen LogP) is 3.63. The summed E-state index contributed by atoms with van der Waals surface area (Å²) in [5.41, 5.74) is 6.23. The van der Waals surface area contributed by atoms with Crippen molar-refractivity contribution in [2.45, 2.75) is 13.8 Å². The monoisotopic (exact) mass is 308 g/mol. The van der Waals surface area contributed by atoms with Gasteiger partial charge in [-0.05, 0) is 37.1 Å². The Hall–Kier alpha value is -2.88. The van der Waals surface area contributed by atoms with Gasteiger partial charge in [-0.15, -0.1) is 0 Å². The number of carbonyl (C=O) groups excluding carboxylic acids is 1. The van der Waals surface area contributed by atoms with Crippen molar-refractivity contribution in [2.24, 2.45) is 5.10 Å². The van der Waals surface area contributed by atoms with Crippen LogP contribution in [0.5, 0.6) is 5.75 Å². The third-order valence-corrected chi connectivity index (χ3v) is 3.28. The number of hydrogen-bond acceptors (Lipinski definition) is 3. The second kappa shape index (κ2) is 7.94. The van der Waals surface area contributed by atoms with Crippen molar-refractivity contribution < 1.29 is 9.53 Å². The van der Waals surface area contributed by atoms with Crippen LogP contribution in [0.15, 0.2) is 60.2 Å². The Kier molecular flexibility index (Phi) is 5.69. The lowest BCUT2D eigenvalue weighted by atomic mass is 10.1. The fourth-order valence-corrected chi connectivity index (χ4v) is 2.12. The normalized spacial score (nSPS) is 10.5. The third kappa shape index (κ3) is 4.54. The highest BCUT2D eigenvalue weighted by Gasteiger charge is 2.10. The molecule has 118 valence electrons. The minimum absolute atomic E-state index is 0.314. The van der Waals surface area contributed by atoms with Crippen molar-refractivity contribution in [2.75, 3.05) is 6.61 Å². The Balaban J connectivity index is 2.07. The molecule has 0 saturated heterocycles. The van der Waals surface area contributed by atoms with Crippen LogP contribution in [0.1, 0.15) is 27.0 Å². The quantitative estimate of drug-likeness (QED) is 0.503. The van der Waals surface area contributed by atoms with Crippen LogP contribution in [-0.4, -0.2) is 18.7 Å². The molecule has 0 spiro atoms. The summed E-state index contributed by atoms with van der Waals surface area (Å²) in [6, 6.07) is 13.1. The van der Waals surface area contributed by atoms with Gasteiger partial charge in [0.25, 0.3) is 5.91 Å². The molecule has 1 amide bonds. The first kappa shape index (κ1) is 16.5. The van der Waals surface area contributed by atoms with E-state index in [9.17, 15) is 4.79 Å². The first-order valence-electron chi connectivity index (χ1n) is 7.35. The smallest absolute Gasteiger partial charge is 0.275 e. The lowest BCUT2D eigenvalue weighted by Gasteiger charge is -2.08. The second-order valence-electron chi connectivity index (χ2n) is 5.16. The van der Waals surface area contributed by atoms with Crippen molar-refractivity contribution in [3.05, 3.63) is 77.4 Å². The molecule has 0 aliphatic carbocycles. The van der Waals surface area contributed by atoms with Crippen LogP contribution in [0.25, 0.3) is 0 Å². The Morgan fingerprint density at radius 3 is 2.78 bits per heavy atom. The zero-order valence-electron chi connectivity index (χ0n) is 13.4. The molecular formula is C19H20N2O2. The molecule has 0 aliphatic rings. The van der Waals surface area contributed by atoms with E-state index < -0.39 is 0 Å². The number of hydrogen-bond donors (Lipinski definition) is 1. The summed E-state index contributed by atoms with van der Waals surface area (Å²) in [5, 5.41) is 4.03. The van der Waals surface area contributed by atoms with E-state index >= 15 is 0 Å². The van der Waals surface area contributed by atoms with Gasteiger partial charge in [0.15, 0.2) is 0 Å². The molecule has 0 atom stereocenters. The zero-order valence-corrected chi connectivity index (χ0v) is 13.4. The van der Waals surface area contributed by atoms with Gasteiger partial charge < -0.3 is 4.74 Å². The number of ether oxygens (including phenoxy) is 1. The SMILES string of the molecule is C=CCOc1ccccc1C(=O)N/N=C/c1ccc(C)cc1C. The predicted molar refractivity (Wildman–Crippen MR) is 93.1 cm³/mol. The Morgan fingerprint density at radius 1 is 1.26 bits per heavy atom. The van der Waals surface area contributed by atoms with E-state index in [1.807, 2.05) is 32.0 Å². The molecule has 0 saturated carbocycles. The van der Waals surface area contributed by atoms with Crippen LogP contribution in [0.4, 0.5) is 0 Å². The molecule has 0 fully saturated rings. The highest BCUT2D eigenvalue weighted by atomic mass is 16.5. The van der Waals surface area contributed by atoms with Gasteiger partial charge in [0.1, 0.15) is 12.4 Å². The standard InChI is InChI=1S/C19H20N2O2/c1-4-11-23-18-8-6-5-7-17(18)19(22)21-20-13-16-10-9-14(2)12-15(16)3/h4-10,12-13H,1,11H2,2-3H3,(H,21,22)/b20-13+. The molecule has 0 heterocycles. The fourth-order valence-electron chi connectivity index (χ4n) is 2.12. The second-order valence-corrected chi connectivity index (χ2v) is 5.16. The van der Waals surface area contributed by atoms with E-state index in [4.69, 9.17) is 4.74 Å². The molecule has 2 aromatic carbocycles.